The van der Waals surface area contributed by atoms with E-state index in [4.69, 9.17) is 0 Å². The fourth-order valence-electron chi connectivity index (χ4n) is 2.61. The van der Waals surface area contributed by atoms with Gasteiger partial charge in [-0.1, -0.05) is 6.07 Å². The van der Waals surface area contributed by atoms with Crippen LogP contribution in [0.15, 0.2) is 30.6 Å². The van der Waals surface area contributed by atoms with E-state index in [1.807, 2.05) is 30.1 Å². The van der Waals surface area contributed by atoms with Gasteiger partial charge in [0.25, 0.3) is 5.91 Å². The molecule has 0 aliphatic carbocycles. The molecule has 2 aromatic heterocycles. The summed E-state index contributed by atoms with van der Waals surface area (Å²) in [6, 6.07) is 5.70. The fourth-order valence-corrected chi connectivity index (χ4v) is 3.47. The summed E-state index contributed by atoms with van der Waals surface area (Å²) in [6.07, 6.45) is 4.47. The summed E-state index contributed by atoms with van der Waals surface area (Å²) in [5.41, 5.74) is 0.816. The molecule has 5 nitrogen and oxygen atoms in total. The maximum Gasteiger partial charge on any atom is 0.265 e. The minimum absolute atomic E-state index is 0. The molecule has 1 N–H and O–H groups in total. The molecule has 23 heavy (non-hydrogen) atoms. The number of carbonyl (C=O) groups excluding carboxylic acids is 1. The molecule has 1 atom stereocenters. The second-order valence-electron chi connectivity index (χ2n) is 5.21. The Labute approximate surface area is 152 Å². The number of thiazole rings is 1. The van der Waals surface area contributed by atoms with Crippen LogP contribution in [0.1, 0.15) is 16.1 Å². The van der Waals surface area contributed by atoms with Crippen molar-refractivity contribution in [3.05, 3.63) is 35.5 Å². The van der Waals surface area contributed by atoms with E-state index in [-0.39, 0.29) is 30.7 Å². The largest absolute Gasteiger partial charge is 0.338 e. The Kier molecular flexibility index (Phi) is 7.91. The maximum absolute atomic E-state index is 12.5. The standard InChI is InChI=1S/C15H18N4OS.2ClH/c1-16-8-11-5-7-19(10-11)15(20)13-9-18-14(21-13)12-4-2-3-6-17-12;;/h2-4,6,9,11,16H,5,7-8,10H2,1H3;2*1H. The molecular formula is C15H20Cl2N4OS. The molecule has 8 heteroatoms. The second kappa shape index (κ2) is 9.17. The third kappa shape index (κ3) is 4.64. The summed E-state index contributed by atoms with van der Waals surface area (Å²) in [6.45, 7) is 2.63. The molecule has 1 aliphatic heterocycles. The van der Waals surface area contributed by atoms with Crippen LogP contribution in [0.25, 0.3) is 10.7 Å². The number of pyridine rings is 1. The van der Waals surface area contributed by atoms with Crippen LogP contribution in [-0.4, -0.2) is 47.5 Å². The highest BCUT2D eigenvalue weighted by Crippen LogP contribution is 2.26. The number of hydrogen-bond donors (Lipinski definition) is 1. The highest BCUT2D eigenvalue weighted by Gasteiger charge is 2.27. The number of nitrogens with one attached hydrogen (secondary N) is 1. The lowest BCUT2D eigenvalue weighted by atomic mass is 10.1. The summed E-state index contributed by atoms with van der Waals surface area (Å²) in [5, 5.41) is 3.97. The van der Waals surface area contributed by atoms with Crippen molar-refractivity contribution < 1.29 is 4.79 Å². The molecule has 1 aliphatic rings. The van der Waals surface area contributed by atoms with Gasteiger partial charge in [0.05, 0.1) is 11.9 Å². The zero-order chi connectivity index (χ0) is 14.7. The maximum atomic E-state index is 12.5. The Balaban J connectivity index is 0.00000132. The summed E-state index contributed by atoms with van der Waals surface area (Å²) in [5.74, 6) is 0.649. The average molecular weight is 375 g/mol. The minimum Gasteiger partial charge on any atom is -0.338 e. The Morgan fingerprint density at radius 2 is 2.22 bits per heavy atom. The number of carbonyl (C=O) groups is 1. The van der Waals surface area contributed by atoms with Crippen LogP contribution in [0.3, 0.4) is 0 Å². The summed E-state index contributed by atoms with van der Waals surface area (Å²) in [4.78, 5) is 23.7. The number of rotatable bonds is 4. The van der Waals surface area contributed by atoms with Gasteiger partial charge in [-0.05, 0) is 38.1 Å². The monoisotopic (exact) mass is 374 g/mol. The molecule has 0 radical (unpaired) electrons. The van der Waals surface area contributed by atoms with Crippen molar-refractivity contribution in [2.24, 2.45) is 5.92 Å². The van der Waals surface area contributed by atoms with Gasteiger partial charge in [-0.25, -0.2) is 4.98 Å². The Morgan fingerprint density at radius 3 is 2.91 bits per heavy atom. The zero-order valence-corrected chi connectivity index (χ0v) is 15.2. The van der Waals surface area contributed by atoms with Crippen molar-refractivity contribution in [3.8, 4) is 10.7 Å². The minimum atomic E-state index is 0. The third-order valence-corrected chi connectivity index (χ3v) is 4.67. The summed E-state index contributed by atoms with van der Waals surface area (Å²) in [7, 11) is 1.95. The predicted molar refractivity (Wildman–Crippen MR) is 97.8 cm³/mol. The van der Waals surface area contributed by atoms with Gasteiger partial charge in [0, 0.05) is 19.3 Å². The molecule has 1 fully saturated rings. The first-order valence-electron chi connectivity index (χ1n) is 7.09. The lowest BCUT2D eigenvalue weighted by Crippen LogP contribution is -2.29. The normalized spacial score (nSPS) is 16.6. The van der Waals surface area contributed by atoms with Crippen LogP contribution in [-0.2, 0) is 0 Å². The zero-order valence-electron chi connectivity index (χ0n) is 12.8. The van der Waals surface area contributed by atoms with Crippen molar-refractivity contribution in [1.82, 2.24) is 20.2 Å². The molecule has 0 saturated carbocycles. The average Bonchev–Trinajstić information content (AvgIpc) is 3.17. The molecule has 2 aromatic rings. The van der Waals surface area contributed by atoms with Crippen molar-refractivity contribution in [2.75, 3.05) is 26.7 Å². The third-order valence-electron chi connectivity index (χ3n) is 3.67. The Bertz CT molecular complexity index is 623. The van der Waals surface area contributed by atoms with E-state index in [2.05, 4.69) is 15.3 Å². The van der Waals surface area contributed by atoms with Gasteiger partial charge in [0.15, 0.2) is 0 Å². The molecule has 1 saturated heterocycles. The SMILES string of the molecule is CNCC1CCN(C(=O)c2cnc(-c3ccccn3)s2)C1.Cl.Cl. The molecule has 3 heterocycles. The van der Waals surface area contributed by atoms with E-state index in [9.17, 15) is 4.79 Å². The van der Waals surface area contributed by atoms with Crippen LogP contribution in [0.5, 0.6) is 0 Å². The highest BCUT2D eigenvalue weighted by molar-refractivity contribution is 7.16. The van der Waals surface area contributed by atoms with E-state index >= 15 is 0 Å². The second-order valence-corrected chi connectivity index (χ2v) is 6.24. The van der Waals surface area contributed by atoms with E-state index < -0.39 is 0 Å². The Morgan fingerprint density at radius 1 is 1.39 bits per heavy atom. The van der Waals surface area contributed by atoms with Gasteiger partial charge in [-0.2, -0.15) is 0 Å². The number of hydrogen-bond acceptors (Lipinski definition) is 5. The Hall–Kier alpha value is -1.21. The van der Waals surface area contributed by atoms with Gasteiger partial charge < -0.3 is 10.2 Å². The number of aromatic nitrogens is 2. The first-order valence-corrected chi connectivity index (χ1v) is 7.90. The molecule has 0 spiro atoms. The van der Waals surface area contributed by atoms with Crippen molar-refractivity contribution >= 4 is 42.1 Å². The molecule has 126 valence electrons. The van der Waals surface area contributed by atoms with Crippen LogP contribution in [0.4, 0.5) is 0 Å². The van der Waals surface area contributed by atoms with Gasteiger partial charge in [0.2, 0.25) is 0 Å². The lowest BCUT2D eigenvalue weighted by molar-refractivity contribution is 0.0791. The van der Waals surface area contributed by atoms with Gasteiger partial charge in [-0.15, -0.1) is 36.2 Å². The van der Waals surface area contributed by atoms with Crippen LogP contribution in [0.2, 0.25) is 0 Å². The van der Waals surface area contributed by atoms with Crippen molar-refractivity contribution in [3.63, 3.8) is 0 Å². The molecule has 0 aromatic carbocycles. The molecule has 3 rings (SSSR count). The van der Waals surface area contributed by atoms with Crippen molar-refractivity contribution in [2.45, 2.75) is 6.42 Å². The first kappa shape index (κ1) is 19.8. The van der Waals surface area contributed by atoms with Crippen LogP contribution in [0, 0.1) is 5.92 Å². The van der Waals surface area contributed by atoms with Crippen LogP contribution >= 0.6 is 36.2 Å². The van der Waals surface area contributed by atoms with Crippen molar-refractivity contribution in [1.29, 1.82) is 0 Å². The fraction of sp³-hybridized carbons (Fsp3) is 0.400. The molecule has 1 unspecified atom stereocenters. The predicted octanol–water partition coefficient (Wildman–Crippen LogP) is 2.73. The quantitative estimate of drug-likeness (QED) is 0.893. The highest BCUT2D eigenvalue weighted by atomic mass is 35.5. The summed E-state index contributed by atoms with van der Waals surface area (Å²) >= 11 is 1.42. The van der Waals surface area contributed by atoms with E-state index in [0.717, 1.165) is 36.8 Å². The van der Waals surface area contributed by atoms with Gasteiger partial charge in [-0.3, -0.25) is 9.78 Å². The summed E-state index contributed by atoms with van der Waals surface area (Å²) < 4.78 is 0. The number of nitrogens with zero attached hydrogens (tertiary/aromatic N) is 3. The first-order chi connectivity index (χ1) is 10.3. The number of likely N-dealkylation sites (tertiary alicyclic amines) is 1. The lowest BCUT2D eigenvalue weighted by Gasteiger charge is -2.15. The molecule has 0 bridgehead atoms. The smallest absolute Gasteiger partial charge is 0.265 e. The van der Waals surface area contributed by atoms with Crippen LogP contribution < -0.4 is 5.32 Å². The molecular weight excluding hydrogens is 355 g/mol. The van der Waals surface area contributed by atoms with Gasteiger partial charge >= 0.3 is 0 Å². The topological polar surface area (TPSA) is 58.1 Å². The van der Waals surface area contributed by atoms with E-state index in [1.54, 1.807) is 12.4 Å². The molecule has 1 amide bonds. The van der Waals surface area contributed by atoms with Gasteiger partial charge in [0.1, 0.15) is 9.88 Å². The number of amides is 1. The number of halogens is 2. The van der Waals surface area contributed by atoms with E-state index in [1.165, 1.54) is 11.3 Å². The van der Waals surface area contributed by atoms with E-state index in [0.29, 0.717) is 10.8 Å².